The average Bonchev–Trinajstić information content (AvgIpc) is 3.12. The molecule has 0 bridgehead atoms. The van der Waals surface area contributed by atoms with Crippen molar-refractivity contribution in [3.8, 4) is 5.75 Å². The van der Waals surface area contributed by atoms with Gasteiger partial charge in [0.1, 0.15) is 5.75 Å². The summed E-state index contributed by atoms with van der Waals surface area (Å²) in [7, 11) is 1.68. The molecule has 1 atom stereocenters. The van der Waals surface area contributed by atoms with E-state index in [1.54, 1.807) is 7.11 Å². The summed E-state index contributed by atoms with van der Waals surface area (Å²) in [5, 5.41) is 1.27. The average molecular weight is 377 g/mol. The fourth-order valence-corrected chi connectivity index (χ4v) is 4.31. The van der Waals surface area contributed by atoms with E-state index in [-0.39, 0.29) is 11.9 Å². The summed E-state index contributed by atoms with van der Waals surface area (Å²) in [5.41, 5.74) is 4.76. The van der Waals surface area contributed by atoms with Gasteiger partial charge in [0.05, 0.1) is 13.2 Å². The standard InChI is InChI=1S/C24H28N2O2/c1-3-4-5-10-22(27)26-16-15-20-19-8-6-7-9-21(19)25-23(20)24(26)17-11-13-18(28-2)14-12-17/h6-9,11-14,24-25H,3-5,10,15-16H2,1-2H3. The molecule has 0 fully saturated rings. The van der Waals surface area contributed by atoms with Crippen molar-refractivity contribution in [1.29, 1.82) is 0 Å². The maximum absolute atomic E-state index is 13.1. The number of aromatic amines is 1. The number of ether oxygens (including phenoxy) is 1. The maximum atomic E-state index is 13.1. The second-order valence-corrected chi connectivity index (χ2v) is 7.53. The molecule has 4 rings (SSSR count). The van der Waals surface area contributed by atoms with Crippen LogP contribution in [0, 0.1) is 0 Å². The van der Waals surface area contributed by atoms with Crippen LogP contribution in [0.25, 0.3) is 10.9 Å². The number of H-pyrrole nitrogens is 1. The first-order chi connectivity index (χ1) is 13.7. The molecule has 1 amide bonds. The molecule has 2 heterocycles. The fraction of sp³-hybridized carbons (Fsp3) is 0.375. The maximum Gasteiger partial charge on any atom is 0.223 e. The third-order valence-corrected chi connectivity index (χ3v) is 5.78. The number of methoxy groups -OCH3 is 1. The number of carbonyl (C=O) groups is 1. The number of fused-ring (bicyclic) bond motifs is 3. The molecule has 0 radical (unpaired) electrons. The van der Waals surface area contributed by atoms with Crippen molar-refractivity contribution >= 4 is 16.8 Å². The lowest BCUT2D eigenvalue weighted by Crippen LogP contribution is -2.40. The van der Waals surface area contributed by atoms with Crippen molar-refractivity contribution in [2.45, 2.75) is 45.1 Å². The highest BCUT2D eigenvalue weighted by molar-refractivity contribution is 5.86. The number of carbonyl (C=O) groups excluding carboxylic acids is 1. The summed E-state index contributed by atoms with van der Waals surface area (Å²) < 4.78 is 5.33. The highest BCUT2D eigenvalue weighted by atomic mass is 16.5. The lowest BCUT2D eigenvalue weighted by molar-refractivity contribution is -0.133. The molecule has 4 nitrogen and oxygen atoms in total. The fourth-order valence-electron chi connectivity index (χ4n) is 4.31. The van der Waals surface area contributed by atoms with Crippen molar-refractivity contribution in [3.63, 3.8) is 0 Å². The van der Waals surface area contributed by atoms with Crippen molar-refractivity contribution in [2.24, 2.45) is 0 Å². The van der Waals surface area contributed by atoms with Gasteiger partial charge in [-0.05, 0) is 42.2 Å². The van der Waals surface area contributed by atoms with Crippen LogP contribution >= 0.6 is 0 Å². The van der Waals surface area contributed by atoms with Gasteiger partial charge in [0.15, 0.2) is 0 Å². The Morgan fingerprint density at radius 1 is 1.14 bits per heavy atom. The van der Waals surface area contributed by atoms with Gasteiger partial charge in [0.25, 0.3) is 0 Å². The lowest BCUT2D eigenvalue weighted by Gasteiger charge is -2.36. The summed E-state index contributed by atoms with van der Waals surface area (Å²) >= 11 is 0. The van der Waals surface area contributed by atoms with Gasteiger partial charge in [0.2, 0.25) is 5.91 Å². The van der Waals surface area contributed by atoms with E-state index in [2.05, 4.69) is 53.2 Å². The minimum atomic E-state index is -0.0730. The number of rotatable bonds is 6. The summed E-state index contributed by atoms with van der Waals surface area (Å²) in [5.74, 6) is 1.08. The van der Waals surface area contributed by atoms with Crippen LogP contribution in [0.1, 0.15) is 55.5 Å². The third-order valence-electron chi connectivity index (χ3n) is 5.78. The number of unbranched alkanes of at least 4 members (excludes halogenated alkanes) is 2. The van der Waals surface area contributed by atoms with E-state index < -0.39 is 0 Å². The molecular weight excluding hydrogens is 348 g/mol. The van der Waals surface area contributed by atoms with Crippen molar-refractivity contribution in [1.82, 2.24) is 9.88 Å². The van der Waals surface area contributed by atoms with Crippen molar-refractivity contribution in [3.05, 3.63) is 65.4 Å². The number of benzene rings is 2. The van der Waals surface area contributed by atoms with Crippen LogP contribution < -0.4 is 4.74 Å². The smallest absolute Gasteiger partial charge is 0.223 e. The highest BCUT2D eigenvalue weighted by Gasteiger charge is 2.34. The van der Waals surface area contributed by atoms with Crippen LogP contribution in [0.4, 0.5) is 0 Å². The van der Waals surface area contributed by atoms with Crippen LogP contribution in [0.15, 0.2) is 48.5 Å². The van der Waals surface area contributed by atoms with E-state index in [0.29, 0.717) is 6.42 Å². The molecule has 1 aromatic heterocycles. The molecule has 1 aliphatic rings. The lowest BCUT2D eigenvalue weighted by atomic mass is 9.92. The molecule has 0 aliphatic carbocycles. The van der Waals surface area contributed by atoms with E-state index in [4.69, 9.17) is 4.74 Å². The molecule has 1 aliphatic heterocycles. The summed E-state index contributed by atoms with van der Waals surface area (Å²) in [6.45, 7) is 2.93. The minimum Gasteiger partial charge on any atom is -0.497 e. The molecule has 28 heavy (non-hydrogen) atoms. The van der Waals surface area contributed by atoms with Gasteiger partial charge in [0, 0.05) is 29.6 Å². The van der Waals surface area contributed by atoms with Gasteiger partial charge in [-0.2, -0.15) is 0 Å². The number of hydrogen-bond acceptors (Lipinski definition) is 2. The van der Waals surface area contributed by atoms with Crippen molar-refractivity contribution < 1.29 is 9.53 Å². The second-order valence-electron chi connectivity index (χ2n) is 7.53. The van der Waals surface area contributed by atoms with Gasteiger partial charge >= 0.3 is 0 Å². The molecule has 2 aromatic carbocycles. The first-order valence-electron chi connectivity index (χ1n) is 10.3. The number of aromatic nitrogens is 1. The molecule has 1 N–H and O–H groups in total. The number of nitrogens with one attached hydrogen (secondary N) is 1. The van der Waals surface area contributed by atoms with E-state index in [9.17, 15) is 4.79 Å². The minimum absolute atomic E-state index is 0.0730. The first kappa shape index (κ1) is 18.6. The third kappa shape index (κ3) is 3.39. The summed E-state index contributed by atoms with van der Waals surface area (Å²) in [4.78, 5) is 18.8. The topological polar surface area (TPSA) is 45.3 Å². The Kier molecular flexibility index (Phi) is 5.38. The summed E-state index contributed by atoms with van der Waals surface area (Å²) in [6.07, 6.45) is 4.70. The predicted octanol–water partition coefficient (Wildman–Crippen LogP) is 5.23. The van der Waals surface area contributed by atoms with E-state index in [1.807, 2.05) is 12.1 Å². The molecule has 0 saturated heterocycles. The Bertz CT molecular complexity index is 958. The first-order valence-corrected chi connectivity index (χ1v) is 10.3. The zero-order valence-electron chi connectivity index (χ0n) is 16.7. The zero-order valence-corrected chi connectivity index (χ0v) is 16.7. The molecule has 1 unspecified atom stereocenters. The highest BCUT2D eigenvalue weighted by Crippen LogP contribution is 2.39. The Balaban J connectivity index is 1.75. The van der Waals surface area contributed by atoms with Crippen LogP contribution in [0.3, 0.4) is 0 Å². The van der Waals surface area contributed by atoms with Gasteiger partial charge in [-0.25, -0.2) is 0 Å². The van der Waals surface area contributed by atoms with E-state index >= 15 is 0 Å². The SMILES string of the molecule is CCCCCC(=O)N1CCc2c([nH]c3ccccc23)C1c1ccc(OC)cc1. The van der Waals surface area contributed by atoms with Crippen LogP contribution in [-0.4, -0.2) is 29.4 Å². The number of hydrogen-bond donors (Lipinski definition) is 1. The number of amides is 1. The van der Waals surface area contributed by atoms with Gasteiger partial charge in [-0.1, -0.05) is 50.1 Å². The van der Waals surface area contributed by atoms with E-state index in [0.717, 1.165) is 54.8 Å². The molecule has 3 aromatic rings. The van der Waals surface area contributed by atoms with Crippen molar-refractivity contribution in [2.75, 3.05) is 13.7 Å². The Morgan fingerprint density at radius 3 is 2.68 bits per heavy atom. The van der Waals surface area contributed by atoms with Gasteiger partial charge in [-0.3, -0.25) is 4.79 Å². The molecule has 4 heteroatoms. The Labute approximate surface area is 166 Å². The molecule has 0 spiro atoms. The number of para-hydroxylation sites is 1. The Morgan fingerprint density at radius 2 is 1.93 bits per heavy atom. The second kappa shape index (κ2) is 8.09. The van der Waals surface area contributed by atoms with Crippen LogP contribution in [0.2, 0.25) is 0 Å². The predicted molar refractivity (Wildman–Crippen MR) is 113 cm³/mol. The zero-order chi connectivity index (χ0) is 19.5. The molecule has 146 valence electrons. The monoisotopic (exact) mass is 376 g/mol. The van der Waals surface area contributed by atoms with Crippen LogP contribution in [0.5, 0.6) is 5.75 Å². The van der Waals surface area contributed by atoms with Gasteiger partial charge in [-0.15, -0.1) is 0 Å². The normalized spacial score (nSPS) is 16.2. The molecular formula is C24H28N2O2. The van der Waals surface area contributed by atoms with Gasteiger partial charge < -0.3 is 14.6 Å². The quantitative estimate of drug-likeness (QED) is 0.599. The van der Waals surface area contributed by atoms with Crippen LogP contribution in [-0.2, 0) is 11.2 Å². The number of nitrogens with zero attached hydrogens (tertiary/aromatic N) is 1. The largest absolute Gasteiger partial charge is 0.497 e. The summed E-state index contributed by atoms with van der Waals surface area (Å²) in [6, 6.07) is 16.5. The Hall–Kier alpha value is -2.75. The van der Waals surface area contributed by atoms with E-state index in [1.165, 1.54) is 10.9 Å². The molecule has 0 saturated carbocycles.